The summed E-state index contributed by atoms with van der Waals surface area (Å²) in [5.74, 6) is 0. The van der Waals surface area contributed by atoms with Crippen LogP contribution in [0.4, 0.5) is 5.69 Å². The van der Waals surface area contributed by atoms with E-state index >= 15 is 0 Å². The second kappa shape index (κ2) is 6.92. The summed E-state index contributed by atoms with van der Waals surface area (Å²) < 4.78 is 5.95. The third-order valence-corrected chi connectivity index (χ3v) is 4.50. The molecule has 3 N–H and O–H groups in total. The molecule has 0 spiro atoms. The highest BCUT2D eigenvalue weighted by Gasteiger charge is 2.12. The number of aromatic nitrogens is 1. The van der Waals surface area contributed by atoms with Crippen LogP contribution in [0.1, 0.15) is 22.4 Å². The first-order valence-corrected chi connectivity index (χ1v) is 8.33. The van der Waals surface area contributed by atoms with Gasteiger partial charge < -0.3 is 15.3 Å². The van der Waals surface area contributed by atoms with Gasteiger partial charge in [-0.3, -0.25) is 4.98 Å². The van der Waals surface area contributed by atoms with Crippen molar-refractivity contribution in [2.75, 3.05) is 0 Å². The number of aryl methyl sites for hydroxylation is 2. The monoisotopic (exact) mass is 373 g/mol. The molecule has 0 radical (unpaired) electrons. The molecule has 7 heteroatoms. The predicted molar refractivity (Wildman–Crippen MR) is 102 cm³/mol. The fourth-order valence-electron chi connectivity index (χ4n) is 2.44. The van der Waals surface area contributed by atoms with Crippen LogP contribution in [0, 0.1) is 13.8 Å². The number of nitrogens with zero attached hydrogens (tertiary/aromatic N) is 2. The van der Waals surface area contributed by atoms with Gasteiger partial charge in [-0.1, -0.05) is 29.9 Å². The molecule has 5 nitrogen and oxygen atoms in total. The molecule has 0 unspecified atom stereocenters. The highest BCUT2D eigenvalue weighted by atomic mass is 35.5. The first-order chi connectivity index (χ1) is 11.9. The second-order valence-corrected chi connectivity index (χ2v) is 6.49. The maximum absolute atomic E-state index is 9.53. The maximum Gasteiger partial charge on any atom is 0.230 e. The molecular weight excluding hydrogens is 358 g/mol. The van der Waals surface area contributed by atoms with Gasteiger partial charge >= 0.3 is 0 Å². The number of halogens is 1. The number of nitrogens with two attached hydrogens (primary N) is 1. The molecular formula is C18H16ClN3O2S. The second-order valence-electron chi connectivity index (χ2n) is 5.64. The topological polar surface area (TPSA) is 84.6 Å². The van der Waals surface area contributed by atoms with E-state index in [1.807, 2.05) is 26.0 Å². The summed E-state index contributed by atoms with van der Waals surface area (Å²) >= 11 is 11.3. The summed E-state index contributed by atoms with van der Waals surface area (Å²) in [6.45, 7) is 3.57. The van der Waals surface area contributed by atoms with Gasteiger partial charge in [-0.25, -0.2) is 4.99 Å². The first-order valence-electron chi connectivity index (χ1n) is 7.54. The highest BCUT2D eigenvalue weighted by Crippen LogP contribution is 2.23. The van der Waals surface area contributed by atoms with E-state index in [1.54, 1.807) is 18.3 Å². The lowest BCUT2D eigenvalue weighted by Crippen LogP contribution is -2.21. The number of hydrogen-bond donors (Lipinski definition) is 2. The van der Waals surface area contributed by atoms with Gasteiger partial charge in [-0.05, 0) is 37.6 Å². The normalized spacial score (nSPS) is 11.9. The van der Waals surface area contributed by atoms with Crippen molar-refractivity contribution in [1.29, 1.82) is 0 Å². The average molecular weight is 374 g/mol. The largest absolute Gasteiger partial charge is 0.436 e. The Bertz CT molecular complexity index is 1060. The van der Waals surface area contributed by atoms with Crippen LogP contribution in [-0.4, -0.2) is 15.1 Å². The molecule has 0 aliphatic carbocycles. The minimum Gasteiger partial charge on any atom is -0.436 e. The molecule has 2 heterocycles. The van der Waals surface area contributed by atoms with Gasteiger partial charge in [0.25, 0.3) is 0 Å². The van der Waals surface area contributed by atoms with E-state index in [0.717, 1.165) is 5.56 Å². The van der Waals surface area contributed by atoms with Crippen LogP contribution >= 0.6 is 23.8 Å². The molecule has 128 valence electrons. The summed E-state index contributed by atoms with van der Waals surface area (Å²) in [5, 5.41) is 10.9. The van der Waals surface area contributed by atoms with Crippen LogP contribution in [0.3, 0.4) is 0 Å². The van der Waals surface area contributed by atoms with E-state index in [9.17, 15) is 5.11 Å². The Morgan fingerprint density at radius 3 is 2.76 bits per heavy atom. The van der Waals surface area contributed by atoms with Crippen molar-refractivity contribution in [3.05, 3.63) is 63.4 Å². The van der Waals surface area contributed by atoms with Crippen molar-refractivity contribution in [2.24, 2.45) is 10.7 Å². The van der Waals surface area contributed by atoms with Crippen molar-refractivity contribution in [3.8, 4) is 0 Å². The van der Waals surface area contributed by atoms with Gasteiger partial charge in [0.15, 0.2) is 5.58 Å². The predicted octanol–water partition coefficient (Wildman–Crippen LogP) is 3.46. The maximum atomic E-state index is 9.53. The van der Waals surface area contributed by atoms with Gasteiger partial charge in [-0.15, -0.1) is 0 Å². The number of pyridine rings is 1. The molecule has 0 aliphatic heterocycles. The Kier molecular flexibility index (Phi) is 4.85. The molecule has 0 amide bonds. The van der Waals surface area contributed by atoms with Crippen LogP contribution in [0.15, 0.2) is 39.9 Å². The van der Waals surface area contributed by atoms with Gasteiger partial charge in [-0.2, -0.15) is 0 Å². The molecule has 0 atom stereocenters. The Balaban J connectivity index is 2.35. The summed E-state index contributed by atoms with van der Waals surface area (Å²) in [4.78, 5) is 8.90. The summed E-state index contributed by atoms with van der Waals surface area (Å²) in [6, 6.07) is 7.23. The van der Waals surface area contributed by atoms with E-state index in [-0.39, 0.29) is 17.1 Å². The van der Waals surface area contributed by atoms with Crippen LogP contribution in [-0.2, 0) is 6.61 Å². The summed E-state index contributed by atoms with van der Waals surface area (Å²) in [5.41, 5.74) is 10.0. The Labute approximate surface area is 154 Å². The Hall–Kier alpha value is -2.28. The molecule has 1 aromatic carbocycles. The van der Waals surface area contributed by atoms with Crippen LogP contribution in [0.25, 0.3) is 11.0 Å². The van der Waals surface area contributed by atoms with Gasteiger partial charge in [0.05, 0.1) is 23.6 Å². The smallest absolute Gasteiger partial charge is 0.230 e. The Morgan fingerprint density at radius 2 is 2.12 bits per heavy atom. The number of hydrogen-bond acceptors (Lipinski definition) is 5. The lowest BCUT2D eigenvalue weighted by molar-refractivity contribution is 0.282. The number of thiocarbonyl (C=S) groups is 1. The molecule has 25 heavy (non-hydrogen) atoms. The number of rotatable bonds is 3. The number of fused-ring (bicyclic) bond motifs is 1. The van der Waals surface area contributed by atoms with Crippen molar-refractivity contribution in [3.63, 3.8) is 0 Å². The molecule has 0 saturated carbocycles. The zero-order valence-electron chi connectivity index (χ0n) is 13.7. The zero-order chi connectivity index (χ0) is 18.1. The minimum atomic E-state index is -0.167. The van der Waals surface area contributed by atoms with Crippen molar-refractivity contribution < 1.29 is 9.52 Å². The van der Waals surface area contributed by atoms with Gasteiger partial charge in [0.2, 0.25) is 5.55 Å². The molecule has 2 aromatic heterocycles. The molecule has 3 rings (SSSR count). The van der Waals surface area contributed by atoms with E-state index in [1.165, 1.54) is 0 Å². The molecule has 0 saturated heterocycles. The van der Waals surface area contributed by atoms with Crippen molar-refractivity contribution >= 4 is 45.5 Å². The summed E-state index contributed by atoms with van der Waals surface area (Å²) in [6.07, 6.45) is 1.60. The fourth-order valence-corrected chi connectivity index (χ4v) is 2.76. The SMILES string of the molecule is Cc1ccc(N=c2oc3c(C)ncc(CO)c3cc2C(N)=S)cc1Cl. The van der Waals surface area contributed by atoms with Crippen molar-refractivity contribution in [1.82, 2.24) is 4.98 Å². The standard InChI is InChI=1S/C18H16ClN3O2S/c1-9-3-4-12(5-15(9)19)22-18-14(17(20)25)6-13-11(8-23)7-21-10(2)16(13)24-18/h3-7,23H,8H2,1-2H3,(H2,20,25). The number of aliphatic hydroxyl groups is 1. The third-order valence-electron chi connectivity index (χ3n) is 3.87. The van der Waals surface area contributed by atoms with E-state index < -0.39 is 0 Å². The van der Waals surface area contributed by atoms with Crippen LogP contribution < -0.4 is 11.3 Å². The molecule has 0 aliphatic rings. The highest BCUT2D eigenvalue weighted by molar-refractivity contribution is 7.80. The van der Waals surface area contributed by atoms with Gasteiger partial charge in [0.1, 0.15) is 4.99 Å². The Morgan fingerprint density at radius 1 is 1.36 bits per heavy atom. The quantitative estimate of drug-likeness (QED) is 0.687. The van der Waals surface area contributed by atoms with Crippen LogP contribution in [0.5, 0.6) is 0 Å². The van der Waals surface area contributed by atoms with E-state index in [0.29, 0.717) is 38.5 Å². The average Bonchev–Trinajstić information content (AvgIpc) is 2.58. The van der Waals surface area contributed by atoms with Crippen LogP contribution in [0.2, 0.25) is 5.02 Å². The lowest BCUT2D eigenvalue weighted by Gasteiger charge is -2.08. The number of aliphatic hydroxyl groups excluding tert-OH is 1. The molecule has 3 aromatic rings. The minimum absolute atomic E-state index is 0.154. The molecule has 0 fully saturated rings. The first kappa shape index (κ1) is 17.5. The number of benzene rings is 1. The molecule has 0 bridgehead atoms. The van der Waals surface area contributed by atoms with E-state index in [4.69, 9.17) is 34.0 Å². The third kappa shape index (κ3) is 3.42. The van der Waals surface area contributed by atoms with E-state index in [2.05, 4.69) is 9.98 Å². The fraction of sp³-hybridized carbons (Fsp3) is 0.167. The van der Waals surface area contributed by atoms with Crippen molar-refractivity contribution in [2.45, 2.75) is 20.5 Å². The lowest BCUT2D eigenvalue weighted by atomic mass is 10.1. The van der Waals surface area contributed by atoms with Gasteiger partial charge in [0, 0.05) is 22.2 Å². The zero-order valence-corrected chi connectivity index (χ0v) is 15.3. The summed E-state index contributed by atoms with van der Waals surface area (Å²) in [7, 11) is 0.